The number of anilines is 1. The van der Waals surface area contributed by atoms with Crippen molar-refractivity contribution in [1.29, 1.82) is 0 Å². The molecule has 3 unspecified atom stereocenters. The summed E-state index contributed by atoms with van der Waals surface area (Å²) < 4.78 is 11.7. The number of piperazine rings is 1. The first-order chi connectivity index (χ1) is 14.3. The van der Waals surface area contributed by atoms with Gasteiger partial charge in [0.15, 0.2) is 5.96 Å². The van der Waals surface area contributed by atoms with Gasteiger partial charge >= 0.3 is 0 Å². The predicted molar refractivity (Wildman–Crippen MR) is 131 cm³/mol. The van der Waals surface area contributed by atoms with Gasteiger partial charge in [0.05, 0.1) is 18.9 Å². The molecule has 0 bridgehead atoms. The third kappa shape index (κ3) is 3.55. The van der Waals surface area contributed by atoms with Crippen LogP contribution in [0.25, 0.3) is 0 Å². The average Bonchev–Trinajstić information content (AvgIpc) is 3.15. The van der Waals surface area contributed by atoms with Gasteiger partial charge in [0.1, 0.15) is 5.75 Å². The van der Waals surface area contributed by atoms with Gasteiger partial charge in [-0.2, -0.15) is 0 Å². The topological polar surface area (TPSA) is 49.3 Å². The van der Waals surface area contributed by atoms with Crippen molar-refractivity contribution < 1.29 is 9.47 Å². The first-order valence-corrected chi connectivity index (χ1v) is 11.3. The van der Waals surface area contributed by atoms with Crippen molar-refractivity contribution in [3.63, 3.8) is 0 Å². The summed E-state index contributed by atoms with van der Waals surface area (Å²) in [6, 6.07) is 8.86. The van der Waals surface area contributed by atoms with Gasteiger partial charge in [0.2, 0.25) is 0 Å². The predicted octanol–water partition coefficient (Wildman–Crippen LogP) is 3.36. The van der Waals surface area contributed by atoms with Gasteiger partial charge in [-0.1, -0.05) is 18.6 Å². The van der Waals surface area contributed by atoms with Gasteiger partial charge < -0.3 is 24.6 Å². The van der Waals surface area contributed by atoms with Gasteiger partial charge in [0.25, 0.3) is 0 Å². The molecule has 1 spiro atoms. The molecule has 7 heteroatoms. The van der Waals surface area contributed by atoms with Crippen molar-refractivity contribution in [2.24, 2.45) is 16.3 Å². The summed E-state index contributed by atoms with van der Waals surface area (Å²) in [6.07, 6.45) is 5.67. The summed E-state index contributed by atoms with van der Waals surface area (Å²) in [4.78, 5) is 9.76. The fraction of sp³-hybridized carbons (Fsp3) is 0.696. The first-order valence-electron chi connectivity index (χ1n) is 11.3. The Morgan fingerprint density at radius 2 is 2.00 bits per heavy atom. The molecule has 2 heterocycles. The van der Waals surface area contributed by atoms with E-state index in [1.165, 1.54) is 31.4 Å². The number of hydrogen-bond acceptors (Lipinski definition) is 4. The Bertz CT molecular complexity index is 761. The Morgan fingerprint density at radius 1 is 1.23 bits per heavy atom. The van der Waals surface area contributed by atoms with Gasteiger partial charge in [-0.25, -0.2) is 0 Å². The Labute approximate surface area is 197 Å². The number of benzene rings is 1. The normalized spacial score (nSPS) is 29.5. The molecule has 1 aromatic carbocycles. The molecule has 2 saturated heterocycles. The fourth-order valence-corrected chi connectivity index (χ4v) is 6.03. The van der Waals surface area contributed by atoms with Crippen LogP contribution < -0.4 is 15.0 Å². The standard InChI is InChI=1S/C23H34N4O2.HI/c1-3-24-22(25-20-17-9-16-29-21(17)23(20)10-6-11-23)27-14-12-26(13-15-27)18-7-4-5-8-19(18)28-2;/h4-5,7-8,17,20-21H,3,6,9-16H2,1-2H3,(H,24,25);1H. The number of guanidine groups is 1. The second-order valence-electron chi connectivity index (χ2n) is 8.90. The molecule has 1 aromatic rings. The maximum absolute atomic E-state index is 6.10. The second kappa shape index (κ2) is 9.10. The number of aliphatic imine (C=N–C) groups is 1. The molecule has 4 aliphatic rings. The van der Waals surface area contributed by atoms with Crippen LogP contribution in [0.4, 0.5) is 5.69 Å². The fourth-order valence-electron chi connectivity index (χ4n) is 6.03. The number of ether oxygens (including phenoxy) is 2. The minimum atomic E-state index is 0. The molecule has 2 saturated carbocycles. The van der Waals surface area contributed by atoms with Crippen LogP contribution in [0.5, 0.6) is 5.75 Å². The van der Waals surface area contributed by atoms with E-state index < -0.39 is 0 Å². The van der Waals surface area contributed by atoms with Crippen molar-refractivity contribution in [3.8, 4) is 5.75 Å². The molecule has 30 heavy (non-hydrogen) atoms. The number of fused-ring (bicyclic) bond motifs is 2. The molecular formula is C23H35IN4O2. The largest absolute Gasteiger partial charge is 0.495 e. The molecule has 0 amide bonds. The van der Waals surface area contributed by atoms with Crippen molar-refractivity contribution >= 4 is 35.6 Å². The van der Waals surface area contributed by atoms with E-state index in [0.29, 0.717) is 23.5 Å². The first kappa shape index (κ1) is 22.0. The molecule has 2 aliphatic heterocycles. The van der Waals surface area contributed by atoms with Crippen LogP contribution in [0.3, 0.4) is 0 Å². The van der Waals surface area contributed by atoms with E-state index in [0.717, 1.165) is 51.0 Å². The van der Waals surface area contributed by atoms with Crippen molar-refractivity contribution in [1.82, 2.24) is 10.2 Å². The Kier molecular flexibility index (Phi) is 6.67. The third-order valence-electron chi connectivity index (χ3n) is 7.63. The summed E-state index contributed by atoms with van der Waals surface area (Å²) in [6.45, 7) is 7.81. The van der Waals surface area contributed by atoms with Crippen LogP contribution in [-0.2, 0) is 4.74 Å². The number of nitrogens with one attached hydrogen (secondary N) is 1. The highest BCUT2D eigenvalue weighted by Crippen LogP contribution is 2.62. The van der Waals surface area contributed by atoms with E-state index in [4.69, 9.17) is 14.5 Å². The third-order valence-corrected chi connectivity index (χ3v) is 7.63. The van der Waals surface area contributed by atoms with E-state index in [1.54, 1.807) is 7.11 Å². The van der Waals surface area contributed by atoms with E-state index in [-0.39, 0.29) is 24.0 Å². The molecule has 2 aliphatic carbocycles. The number of halogens is 1. The van der Waals surface area contributed by atoms with E-state index in [9.17, 15) is 0 Å². The second-order valence-corrected chi connectivity index (χ2v) is 8.90. The molecule has 5 rings (SSSR count). The minimum Gasteiger partial charge on any atom is -0.495 e. The monoisotopic (exact) mass is 526 g/mol. The molecule has 0 radical (unpaired) electrons. The maximum atomic E-state index is 6.10. The number of para-hydroxylation sites is 2. The highest BCUT2D eigenvalue weighted by atomic mass is 127. The number of hydrogen-bond donors (Lipinski definition) is 1. The molecule has 4 fully saturated rings. The molecule has 6 nitrogen and oxygen atoms in total. The lowest BCUT2D eigenvalue weighted by atomic mass is 9.46. The van der Waals surface area contributed by atoms with Crippen molar-refractivity contribution in [2.45, 2.75) is 44.8 Å². The van der Waals surface area contributed by atoms with Crippen LogP contribution in [0, 0.1) is 11.3 Å². The van der Waals surface area contributed by atoms with Crippen LogP contribution >= 0.6 is 24.0 Å². The van der Waals surface area contributed by atoms with E-state index >= 15 is 0 Å². The summed E-state index contributed by atoms with van der Waals surface area (Å²) in [5.74, 6) is 2.73. The van der Waals surface area contributed by atoms with Crippen molar-refractivity contribution in [2.75, 3.05) is 51.3 Å². The van der Waals surface area contributed by atoms with E-state index in [1.807, 2.05) is 12.1 Å². The van der Waals surface area contributed by atoms with Crippen LogP contribution in [-0.4, -0.2) is 69.4 Å². The maximum Gasteiger partial charge on any atom is 0.194 e. The van der Waals surface area contributed by atoms with Crippen LogP contribution in [0.15, 0.2) is 29.3 Å². The minimum absolute atomic E-state index is 0. The Balaban J connectivity index is 0.00000218. The lowest BCUT2D eigenvalue weighted by Gasteiger charge is -2.63. The molecular weight excluding hydrogens is 491 g/mol. The summed E-state index contributed by atoms with van der Waals surface area (Å²) in [7, 11) is 1.75. The van der Waals surface area contributed by atoms with Gasteiger partial charge in [0, 0.05) is 56.7 Å². The van der Waals surface area contributed by atoms with E-state index in [2.05, 4.69) is 34.2 Å². The quantitative estimate of drug-likeness (QED) is 0.371. The zero-order valence-corrected chi connectivity index (χ0v) is 20.5. The summed E-state index contributed by atoms with van der Waals surface area (Å²) in [5.41, 5.74) is 1.57. The zero-order chi connectivity index (χ0) is 19.8. The lowest BCUT2D eigenvalue weighted by molar-refractivity contribution is -0.171. The molecule has 166 valence electrons. The lowest BCUT2D eigenvalue weighted by Crippen LogP contribution is -2.73. The average molecular weight is 526 g/mol. The number of rotatable bonds is 4. The van der Waals surface area contributed by atoms with Crippen LogP contribution in [0.2, 0.25) is 0 Å². The Morgan fingerprint density at radius 3 is 2.67 bits per heavy atom. The van der Waals surface area contributed by atoms with Gasteiger partial charge in [-0.3, -0.25) is 4.99 Å². The van der Waals surface area contributed by atoms with Gasteiger partial charge in [-0.15, -0.1) is 24.0 Å². The van der Waals surface area contributed by atoms with Crippen LogP contribution in [0.1, 0.15) is 32.6 Å². The highest BCUT2D eigenvalue weighted by molar-refractivity contribution is 14.0. The molecule has 0 aromatic heterocycles. The number of nitrogens with zero attached hydrogens (tertiary/aromatic N) is 3. The SMILES string of the molecule is CCN=C(NC1C2CCOC2C12CCC2)N1CCN(c2ccccc2OC)CC1.I. The van der Waals surface area contributed by atoms with Gasteiger partial charge in [-0.05, 0) is 38.3 Å². The molecule has 1 N–H and O–H groups in total. The highest BCUT2D eigenvalue weighted by Gasteiger charge is 2.66. The summed E-state index contributed by atoms with van der Waals surface area (Å²) in [5, 5.41) is 3.92. The van der Waals surface area contributed by atoms with Crippen molar-refractivity contribution in [3.05, 3.63) is 24.3 Å². The smallest absolute Gasteiger partial charge is 0.194 e. The molecule has 3 atom stereocenters. The Hall–Kier alpha value is -1.22. The zero-order valence-electron chi connectivity index (χ0n) is 18.2. The number of methoxy groups -OCH3 is 1. The summed E-state index contributed by atoms with van der Waals surface area (Å²) >= 11 is 0.